The molecule has 17 heavy (non-hydrogen) atoms. The lowest BCUT2D eigenvalue weighted by molar-refractivity contribution is 0.169. The second-order valence-electron chi connectivity index (χ2n) is 4.07. The molecule has 1 N–H and O–H groups in total. The SMILES string of the molecule is COCC(C)NCCOc1cc(F)ccc1C. The molecule has 0 aliphatic carbocycles. The van der Waals surface area contributed by atoms with Gasteiger partial charge in [0.05, 0.1) is 6.61 Å². The monoisotopic (exact) mass is 241 g/mol. The molecule has 1 aromatic carbocycles. The Morgan fingerprint density at radius 2 is 2.18 bits per heavy atom. The van der Waals surface area contributed by atoms with Crippen LogP contribution >= 0.6 is 0 Å². The number of benzene rings is 1. The maximum atomic E-state index is 13.0. The summed E-state index contributed by atoms with van der Waals surface area (Å²) >= 11 is 0. The molecule has 0 saturated heterocycles. The van der Waals surface area contributed by atoms with Crippen molar-refractivity contribution < 1.29 is 13.9 Å². The van der Waals surface area contributed by atoms with Crippen molar-refractivity contribution >= 4 is 0 Å². The van der Waals surface area contributed by atoms with Gasteiger partial charge in [0.2, 0.25) is 0 Å². The number of nitrogens with one attached hydrogen (secondary N) is 1. The van der Waals surface area contributed by atoms with Crippen LogP contribution in [-0.4, -0.2) is 32.9 Å². The molecule has 0 aliphatic rings. The summed E-state index contributed by atoms with van der Waals surface area (Å²) in [5.41, 5.74) is 0.941. The van der Waals surface area contributed by atoms with Crippen LogP contribution in [0.15, 0.2) is 18.2 Å². The van der Waals surface area contributed by atoms with Crippen molar-refractivity contribution in [1.82, 2.24) is 5.32 Å². The number of hydrogen-bond donors (Lipinski definition) is 1. The Kier molecular flexibility index (Phi) is 5.94. The quantitative estimate of drug-likeness (QED) is 0.742. The van der Waals surface area contributed by atoms with Crippen molar-refractivity contribution in [2.24, 2.45) is 0 Å². The van der Waals surface area contributed by atoms with E-state index in [0.29, 0.717) is 25.5 Å². The summed E-state index contributed by atoms with van der Waals surface area (Å²) in [4.78, 5) is 0. The van der Waals surface area contributed by atoms with Crippen molar-refractivity contribution in [2.75, 3.05) is 26.9 Å². The molecular formula is C13H20FNO2. The first kappa shape index (κ1) is 13.9. The zero-order chi connectivity index (χ0) is 12.7. The lowest BCUT2D eigenvalue weighted by Gasteiger charge is -2.14. The fourth-order valence-electron chi connectivity index (χ4n) is 1.50. The van der Waals surface area contributed by atoms with Gasteiger partial charge >= 0.3 is 0 Å². The van der Waals surface area contributed by atoms with Crippen LogP contribution in [0.4, 0.5) is 4.39 Å². The van der Waals surface area contributed by atoms with Gasteiger partial charge in [0.15, 0.2) is 0 Å². The third kappa shape index (κ3) is 5.15. The molecule has 96 valence electrons. The van der Waals surface area contributed by atoms with Crippen LogP contribution in [0.3, 0.4) is 0 Å². The summed E-state index contributed by atoms with van der Waals surface area (Å²) in [6, 6.07) is 4.85. The van der Waals surface area contributed by atoms with Crippen LogP contribution in [0.25, 0.3) is 0 Å². The van der Waals surface area contributed by atoms with Gasteiger partial charge in [0, 0.05) is 25.8 Å². The highest BCUT2D eigenvalue weighted by atomic mass is 19.1. The van der Waals surface area contributed by atoms with E-state index in [-0.39, 0.29) is 11.9 Å². The van der Waals surface area contributed by atoms with Crippen molar-refractivity contribution in [1.29, 1.82) is 0 Å². The topological polar surface area (TPSA) is 30.5 Å². The zero-order valence-corrected chi connectivity index (χ0v) is 10.6. The van der Waals surface area contributed by atoms with Crippen LogP contribution in [-0.2, 0) is 4.74 Å². The first-order valence-corrected chi connectivity index (χ1v) is 5.74. The minimum absolute atomic E-state index is 0.272. The molecular weight excluding hydrogens is 221 g/mol. The van der Waals surface area contributed by atoms with Crippen LogP contribution in [0.5, 0.6) is 5.75 Å². The second kappa shape index (κ2) is 7.25. The van der Waals surface area contributed by atoms with E-state index in [4.69, 9.17) is 9.47 Å². The number of rotatable bonds is 7. The van der Waals surface area contributed by atoms with E-state index in [2.05, 4.69) is 5.32 Å². The Labute approximate surface area is 102 Å². The Morgan fingerprint density at radius 1 is 1.41 bits per heavy atom. The van der Waals surface area contributed by atoms with Gasteiger partial charge < -0.3 is 14.8 Å². The summed E-state index contributed by atoms with van der Waals surface area (Å²) < 4.78 is 23.5. The standard InChI is InChI=1S/C13H20FNO2/c1-10-4-5-12(14)8-13(10)17-7-6-15-11(2)9-16-3/h4-5,8,11,15H,6-7,9H2,1-3H3. The van der Waals surface area contributed by atoms with Crippen LogP contribution in [0, 0.1) is 12.7 Å². The Hall–Kier alpha value is -1.13. The van der Waals surface area contributed by atoms with Gasteiger partial charge in [-0.1, -0.05) is 6.07 Å². The molecule has 0 aromatic heterocycles. The number of methoxy groups -OCH3 is 1. The van der Waals surface area contributed by atoms with Crippen LogP contribution in [0.1, 0.15) is 12.5 Å². The Morgan fingerprint density at radius 3 is 2.88 bits per heavy atom. The van der Waals surface area contributed by atoms with Crippen molar-refractivity contribution in [3.8, 4) is 5.75 Å². The van der Waals surface area contributed by atoms with E-state index in [1.54, 1.807) is 13.2 Å². The van der Waals surface area contributed by atoms with Crippen molar-refractivity contribution in [2.45, 2.75) is 19.9 Å². The highest BCUT2D eigenvalue weighted by Gasteiger charge is 2.02. The molecule has 4 heteroatoms. The summed E-state index contributed by atoms with van der Waals surface area (Å²) in [5.74, 6) is 0.331. The highest BCUT2D eigenvalue weighted by molar-refractivity contribution is 5.32. The molecule has 0 amide bonds. The normalized spacial score (nSPS) is 12.5. The number of hydrogen-bond acceptors (Lipinski definition) is 3. The van der Waals surface area contributed by atoms with Gasteiger partial charge in [0.25, 0.3) is 0 Å². The van der Waals surface area contributed by atoms with E-state index in [9.17, 15) is 4.39 Å². The van der Waals surface area contributed by atoms with Crippen molar-refractivity contribution in [3.63, 3.8) is 0 Å². The molecule has 0 saturated carbocycles. The van der Waals surface area contributed by atoms with Gasteiger partial charge in [-0.3, -0.25) is 0 Å². The van der Waals surface area contributed by atoms with Gasteiger partial charge in [-0.25, -0.2) is 4.39 Å². The molecule has 0 heterocycles. The third-order valence-corrected chi connectivity index (χ3v) is 2.42. The first-order chi connectivity index (χ1) is 8.13. The third-order valence-electron chi connectivity index (χ3n) is 2.42. The largest absolute Gasteiger partial charge is 0.492 e. The average Bonchev–Trinajstić information content (AvgIpc) is 2.29. The average molecular weight is 241 g/mol. The molecule has 0 aliphatic heterocycles. The summed E-state index contributed by atoms with van der Waals surface area (Å²) in [6.45, 7) is 5.82. The highest BCUT2D eigenvalue weighted by Crippen LogP contribution is 2.18. The van der Waals surface area contributed by atoms with E-state index in [1.165, 1.54) is 12.1 Å². The van der Waals surface area contributed by atoms with Crippen LogP contribution in [0.2, 0.25) is 0 Å². The molecule has 3 nitrogen and oxygen atoms in total. The summed E-state index contributed by atoms with van der Waals surface area (Å²) in [6.07, 6.45) is 0. The fraction of sp³-hybridized carbons (Fsp3) is 0.538. The number of halogens is 1. The molecule has 0 bridgehead atoms. The van der Waals surface area contributed by atoms with E-state index < -0.39 is 0 Å². The van der Waals surface area contributed by atoms with Gasteiger partial charge in [-0.2, -0.15) is 0 Å². The maximum Gasteiger partial charge on any atom is 0.126 e. The van der Waals surface area contributed by atoms with Gasteiger partial charge in [-0.05, 0) is 25.5 Å². The summed E-state index contributed by atoms with van der Waals surface area (Å²) in [7, 11) is 1.67. The molecule has 1 unspecified atom stereocenters. The lowest BCUT2D eigenvalue weighted by atomic mass is 10.2. The van der Waals surface area contributed by atoms with E-state index in [1.807, 2.05) is 13.8 Å². The Bertz CT molecular complexity index is 344. The fourth-order valence-corrected chi connectivity index (χ4v) is 1.50. The lowest BCUT2D eigenvalue weighted by Crippen LogP contribution is -2.33. The predicted molar refractivity (Wildman–Crippen MR) is 66.0 cm³/mol. The molecule has 1 atom stereocenters. The Balaban J connectivity index is 2.28. The molecule has 1 aromatic rings. The second-order valence-corrected chi connectivity index (χ2v) is 4.07. The van der Waals surface area contributed by atoms with E-state index >= 15 is 0 Å². The molecule has 0 spiro atoms. The summed E-state index contributed by atoms with van der Waals surface area (Å²) in [5, 5.41) is 3.24. The maximum absolute atomic E-state index is 13.0. The molecule has 1 rings (SSSR count). The predicted octanol–water partition coefficient (Wildman–Crippen LogP) is 2.14. The van der Waals surface area contributed by atoms with E-state index in [0.717, 1.165) is 5.56 Å². The van der Waals surface area contributed by atoms with Crippen molar-refractivity contribution in [3.05, 3.63) is 29.6 Å². The minimum Gasteiger partial charge on any atom is -0.492 e. The van der Waals surface area contributed by atoms with Gasteiger partial charge in [0.1, 0.15) is 18.2 Å². The molecule has 0 fully saturated rings. The number of ether oxygens (including phenoxy) is 2. The zero-order valence-electron chi connectivity index (χ0n) is 10.6. The number of aryl methyl sites for hydroxylation is 1. The van der Waals surface area contributed by atoms with Gasteiger partial charge in [-0.15, -0.1) is 0 Å². The first-order valence-electron chi connectivity index (χ1n) is 5.74. The molecule has 0 radical (unpaired) electrons. The van der Waals surface area contributed by atoms with Crippen LogP contribution < -0.4 is 10.1 Å². The minimum atomic E-state index is -0.272. The smallest absolute Gasteiger partial charge is 0.126 e.